The van der Waals surface area contributed by atoms with Gasteiger partial charge in [0.05, 0.1) is 12.5 Å². The zero-order valence-electron chi connectivity index (χ0n) is 11.5. The monoisotopic (exact) mass is 239 g/mol. The lowest BCUT2D eigenvalue weighted by Crippen LogP contribution is -2.52. The summed E-state index contributed by atoms with van der Waals surface area (Å²) in [7, 11) is 0. The highest BCUT2D eigenvalue weighted by Crippen LogP contribution is 2.44. The minimum atomic E-state index is 0.0496. The number of carbonyl (C=O) groups excluding carboxylic acids is 1. The van der Waals surface area contributed by atoms with Crippen LogP contribution in [0.3, 0.4) is 0 Å². The van der Waals surface area contributed by atoms with E-state index in [1.165, 1.54) is 12.8 Å². The van der Waals surface area contributed by atoms with Crippen LogP contribution in [0, 0.1) is 17.8 Å². The molecule has 0 aromatic carbocycles. The van der Waals surface area contributed by atoms with Crippen LogP contribution < -0.4 is 0 Å². The Balaban J connectivity index is 2.05. The Morgan fingerprint density at radius 1 is 1.24 bits per heavy atom. The van der Waals surface area contributed by atoms with Crippen molar-refractivity contribution in [2.45, 2.75) is 46.1 Å². The van der Waals surface area contributed by atoms with E-state index in [1.807, 2.05) is 6.92 Å². The van der Waals surface area contributed by atoms with Crippen LogP contribution in [-0.2, 0) is 9.53 Å². The molecule has 0 radical (unpaired) electrons. The first-order valence-corrected chi connectivity index (χ1v) is 6.85. The quantitative estimate of drug-likeness (QED) is 0.693. The van der Waals surface area contributed by atoms with Gasteiger partial charge in [0.25, 0.3) is 0 Å². The molecule has 0 N–H and O–H groups in total. The summed E-state index contributed by atoms with van der Waals surface area (Å²) in [5.41, 5.74) is 0.223. The molecule has 0 aromatic rings. The van der Waals surface area contributed by atoms with Gasteiger partial charge in [0, 0.05) is 18.6 Å². The number of esters is 1. The molecule has 2 rings (SSSR count). The molecule has 2 fully saturated rings. The Hall–Kier alpha value is -0.570. The van der Waals surface area contributed by atoms with Crippen LogP contribution in [0.4, 0.5) is 0 Å². The number of ether oxygens (including phenoxy) is 1. The number of hydrogen-bond donors (Lipinski definition) is 0. The Bertz CT molecular complexity index is 281. The van der Waals surface area contributed by atoms with Crippen molar-refractivity contribution in [2.24, 2.45) is 17.8 Å². The molecule has 2 atom stereocenters. The van der Waals surface area contributed by atoms with E-state index in [4.69, 9.17) is 4.74 Å². The average molecular weight is 239 g/mol. The SMILES string of the molecule is CCOC(=O)C1C2CCC1CN(C(C)(C)C)C2. The van der Waals surface area contributed by atoms with Gasteiger partial charge in [0.2, 0.25) is 0 Å². The van der Waals surface area contributed by atoms with Gasteiger partial charge < -0.3 is 4.74 Å². The van der Waals surface area contributed by atoms with Crippen molar-refractivity contribution in [1.29, 1.82) is 0 Å². The van der Waals surface area contributed by atoms with Gasteiger partial charge in [-0.15, -0.1) is 0 Å². The maximum absolute atomic E-state index is 12.0. The molecule has 98 valence electrons. The highest BCUT2D eigenvalue weighted by Gasteiger charge is 2.48. The van der Waals surface area contributed by atoms with Crippen molar-refractivity contribution in [3.05, 3.63) is 0 Å². The van der Waals surface area contributed by atoms with E-state index < -0.39 is 0 Å². The molecule has 0 spiro atoms. The Labute approximate surface area is 105 Å². The molecule has 1 saturated heterocycles. The molecule has 2 aliphatic rings. The van der Waals surface area contributed by atoms with Crippen molar-refractivity contribution >= 4 is 5.97 Å². The van der Waals surface area contributed by atoms with E-state index in [-0.39, 0.29) is 17.4 Å². The number of fused-ring (bicyclic) bond motifs is 2. The summed E-state index contributed by atoms with van der Waals surface area (Å²) in [4.78, 5) is 14.5. The van der Waals surface area contributed by atoms with Crippen LogP contribution in [-0.4, -0.2) is 36.1 Å². The lowest BCUT2D eigenvalue weighted by molar-refractivity contribution is -0.153. The second kappa shape index (κ2) is 4.60. The molecule has 0 aromatic heterocycles. The molecule has 1 aliphatic heterocycles. The maximum atomic E-state index is 12.0. The third-order valence-electron chi connectivity index (χ3n) is 4.34. The van der Waals surface area contributed by atoms with Crippen molar-refractivity contribution < 1.29 is 9.53 Å². The molecule has 1 heterocycles. The van der Waals surface area contributed by atoms with Crippen LogP contribution in [0.1, 0.15) is 40.5 Å². The molecule has 1 saturated carbocycles. The summed E-state index contributed by atoms with van der Waals surface area (Å²) in [6, 6.07) is 0. The topological polar surface area (TPSA) is 29.5 Å². The lowest BCUT2D eigenvalue weighted by atomic mass is 9.83. The Morgan fingerprint density at radius 3 is 2.18 bits per heavy atom. The van der Waals surface area contributed by atoms with Gasteiger partial charge in [-0.25, -0.2) is 0 Å². The van der Waals surface area contributed by atoms with Gasteiger partial charge in [-0.05, 0) is 52.4 Å². The van der Waals surface area contributed by atoms with Crippen molar-refractivity contribution in [1.82, 2.24) is 4.90 Å². The first kappa shape index (κ1) is 12.9. The molecule has 17 heavy (non-hydrogen) atoms. The second-order valence-electron chi connectivity index (χ2n) is 6.45. The summed E-state index contributed by atoms with van der Waals surface area (Å²) in [5.74, 6) is 1.26. The molecular weight excluding hydrogens is 214 g/mol. The van der Waals surface area contributed by atoms with Crippen LogP contribution >= 0.6 is 0 Å². The van der Waals surface area contributed by atoms with Crippen LogP contribution in [0.2, 0.25) is 0 Å². The van der Waals surface area contributed by atoms with E-state index >= 15 is 0 Å². The molecule has 1 aliphatic carbocycles. The summed E-state index contributed by atoms with van der Waals surface area (Å²) >= 11 is 0. The smallest absolute Gasteiger partial charge is 0.309 e. The van der Waals surface area contributed by atoms with Crippen LogP contribution in [0.15, 0.2) is 0 Å². The summed E-state index contributed by atoms with van der Waals surface area (Å²) in [6.07, 6.45) is 2.39. The average Bonchev–Trinajstić information content (AvgIpc) is 2.48. The number of rotatable bonds is 2. The van der Waals surface area contributed by atoms with E-state index in [9.17, 15) is 4.79 Å². The lowest BCUT2D eigenvalue weighted by Gasteiger charge is -2.44. The summed E-state index contributed by atoms with van der Waals surface area (Å²) in [6.45, 7) is 11.3. The van der Waals surface area contributed by atoms with Gasteiger partial charge in [0.1, 0.15) is 0 Å². The number of carbonyl (C=O) groups is 1. The number of nitrogens with zero attached hydrogens (tertiary/aromatic N) is 1. The van der Waals surface area contributed by atoms with E-state index in [2.05, 4.69) is 25.7 Å². The fourth-order valence-corrected chi connectivity index (χ4v) is 3.39. The highest BCUT2D eigenvalue weighted by atomic mass is 16.5. The maximum Gasteiger partial charge on any atom is 0.309 e. The zero-order chi connectivity index (χ0) is 12.6. The molecule has 3 heteroatoms. The normalized spacial score (nSPS) is 33.8. The molecule has 2 bridgehead atoms. The standard InChI is InChI=1S/C14H25NO2/c1-5-17-13(16)12-10-6-7-11(12)9-15(8-10)14(2,3)4/h10-12H,5-9H2,1-4H3. The van der Waals surface area contributed by atoms with Crippen LogP contribution in [0.25, 0.3) is 0 Å². The molecular formula is C14H25NO2. The van der Waals surface area contributed by atoms with Crippen molar-refractivity contribution in [3.8, 4) is 0 Å². The minimum absolute atomic E-state index is 0.0496. The Kier molecular flexibility index (Phi) is 3.48. The Morgan fingerprint density at radius 2 is 1.76 bits per heavy atom. The third-order valence-corrected chi connectivity index (χ3v) is 4.34. The van der Waals surface area contributed by atoms with Gasteiger partial charge in [0.15, 0.2) is 0 Å². The summed E-state index contributed by atoms with van der Waals surface area (Å²) in [5, 5.41) is 0. The first-order chi connectivity index (χ1) is 7.93. The first-order valence-electron chi connectivity index (χ1n) is 6.85. The summed E-state index contributed by atoms with van der Waals surface area (Å²) < 4.78 is 5.23. The van der Waals surface area contributed by atoms with Gasteiger partial charge >= 0.3 is 5.97 Å². The number of hydrogen-bond acceptors (Lipinski definition) is 3. The molecule has 3 nitrogen and oxygen atoms in total. The van der Waals surface area contributed by atoms with Crippen molar-refractivity contribution in [3.63, 3.8) is 0 Å². The van der Waals surface area contributed by atoms with E-state index in [0.717, 1.165) is 13.1 Å². The highest BCUT2D eigenvalue weighted by molar-refractivity contribution is 5.73. The predicted molar refractivity (Wildman–Crippen MR) is 67.7 cm³/mol. The number of piperidine rings is 1. The molecule has 0 amide bonds. The van der Waals surface area contributed by atoms with Crippen LogP contribution in [0.5, 0.6) is 0 Å². The van der Waals surface area contributed by atoms with Gasteiger partial charge in [-0.2, -0.15) is 0 Å². The number of likely N-dealkylation sites (tertiary alicyclic amines) is 1. The molecule has 2 unspecified atom stereocenters. The van der Waals surface area contributed by atoms with Gasteiger partial charge in [-0.1, -0.05) is 0 Å². The zero-order valence-corrected chi connectivity index (χ0v) is 11.5. The van der Waals surface area contributed by atoms with Gasteiger partial charge in [-0.3, -0.25) is 9.69 Å². The van der Waals surface area contributed by atoms with Crippen molar-refractivity contribution in [2.75, 3.05) is 19.7 Å². The predicted octanol–water partition coefficient (Wildman–Crippen LogP) is 2.31. The van der Waals surface area contributed by atoms with E-state index in [1.54, 1.807) is 0 Å². The largest absolute Gasteiger partial charge is 0.466 e. The fourth-order valence-electron chi connectivity index (χ4n) is 3.39. The third kappa shape index (κ3) is 2.49. The van der Waals surface area contributed by atoms with E-state index in [0.29, 0.717) is 18.4 Å². The second-order valence-corrected chi connectivity index (χ2v) is 6.45. The minimum Gasteiger partial charge on any atom is -0.466 e. The fraction of sp³-hybridized carbons (Fsp3) is 0.929.